The largest absolute Gasteiger partial charge is 0.481 e. The van der Waals surface area contributed by atoms with Crippen molar-refractivity contribution in [3.63, 3.8) is 0 Å². The van der Waals surface area contributed by atoms with Gasteiger partial charge >= 0.3 is 5.97 Å². The maximum Gasteiger partial charge on any atom is 0.303 e. The summed E-state index contributed by atoms with van der Waals surface area (Å²) in [5.41, 5.74) is 0.444. The van der Waals surface area contributed by atoms with Gasteiger partial charge in [0.05, 0.1) is 10.6 Å². The zero-order chi connectivity index (χ0) is 13.8. The van der Waals surface area contributed by atoms with E-state index in [2.05, 4.69) is 10.2 Å². The van der Waals surface area contributed by atoms with Gasteiger partial charge in [-0.1, -0.05) is 11.6 Å². The van der Waals surface area contributed by atoms with Crippen molar-refractivity contribution in [3.8, 4) is 11.5 Å². The van der Waals surface area contributed by atoms with E-state index < -0.39 is 11.8 Å². The summed E-state index contributed by atoms with van der Waals surface area (Å²) >= 11 is 5.87. The third-order valence-electron chi connectivity index (χ3n) is 2.41. The number of aliphatic carboxylic acids is 1. The Morgan fingerprint density at radius 1 is 1.42 bits per heavy atom. The first-order valence-corrected chi connectivity index (χ1v) is 5.93. The molecule has 1 heterocycles. The van der Waals surface area contributed by atoms with E-state index in [1.165, 1.54) is 12.1 Å². The predicted molar refractivity (Wildman–Crippen MR) is 65.3 cm³/mol. The Kier molecular flexibility index (Phi) is 4.11. The van der Waals surface area contributed by atoms with Crippen molar-refractivity contribution in [2.24, 2.45) is 0 Å². The van der Waals surface area contributed by atoms with Gasteiger partial charge in [-0.2, -0.15) is 0 Å². The second kappa shape index (κ2) is 5.79. The quantitative estimate of drug-likeness (QED) is 0.913. The van der Waals surface area contributed by atoms with Crippen LogP contribution in [-0.2, 0) is 11.2 Å². The molecule has 0 aliphatic heterocycles. The Labute approximate surface area is 113 Å². The zero-order valence-corrected chi connectivity index (χ0v) is 10.5. The minimum atomic E-state index is -0.874. The van der Waals surface area contributed by atoms with Crippen molar-refractivity contribution in [1.29, 1.82) is 0 Å². The van der Waals surface area contributed by atoms with E-state index in [0.29, 0.717) is 24.3 Å². The molecule has 1 N–H and O–H groups in total. The van der Waals surface area contributed by atoms with Crippen molar-refractivity contribution in [2.45, 2.75) is 19.3 Å². The summed E-state index contributed by atoms with van der Waals surface area (Å²) in [4.78, 5) is 10.4. The molecule has 0 bridgehead atoms. The number of hydrogen-bond acceptors (Lipinski definition) is 4. The van der Waals surface area contributed by atoms with Crippen molar-refractivity contribution in [2.75, 3.05) is 0 Å². The van der Waals surface area contributed by atoms with E-state index in [9.17, 15) is 9.18 Å². The highest BCUT2D eigenvalue weighted by Crippen LogP contribution is 2.27. The molecule has 1 aromatic carbocycles. The first-order chi connectivity index (χ1) is 9.06. The lowest BCUT2D eigenvalue weighted by molar-refractivity contribution is -0.137. The third-order valence-corrected chi connectivity index (χ3v) is 2.72. The lowest BCUT2D eigenvalue weighted by Gasteiger charge is -1.98. The summed E-state index contributed by atoms with van der Waals surface area (Å²) in [7, 11) is 0. The van der Waals surface area contributed by atoms with Crippen LogP contribution in [0.3, 0.4) is 0 Å². The highest BCUT2D eigenvalue weighted by atomic mass is 35.5. The van der Waals surface area contributed by atoms with Gasteiger partial charge in [0.1, 0.15) is 5.82 Å². The molecule has 0 spiro atoms. The molecule has 19 heavy (non-hydrogen) atoms. The van der Waals surface area contributed by atoms with Crippen LogP contribution in [0.1, 0.15) is 18.7 Å². The summed E-state index contributed by atoms with van der Waals surface area (Å²) in [5, 5.41) is 16.3. The SMILES string of the molecule is O=C(O)CCCc1nnc(-c2ccc(F)cc2Cl)o1. The maximum atomic E-state index is 12.9. The van der Waals surface area contributed by atoms with Crippen LogP contribution < -0.4 is 0 Å². The lowest BCUT2D eigenvalue weighted by Crippen LogP contribution is -1.95. The Balaban J connectivity index is 2.10. The normalized spacial score (nSPS) is 10.6. The summed E-state index contributed by atoms with van der Waals surface area (Å²) in [5.74, 6) is -0.803. The molecule has 0 saturated heterocycles. The number of aromatic nitrogens is 2. The van der Waals surface area contributed by atoms with Gasteiger partial charge in [-0.15, -0.1) is 10.2 Å². The molecule has 0 saturated carbocycles. The minimum absolute atomic E-state index is 0.0367. The Morgan fingerprint density at radius 3 is 2.89 bits per heavy atom. The molecule has 0 atom stereocenters. The molecule has 2 rings (SSSR count). The molecule has 100 valence electrons. The van der Waals surface area contributed by atoms with Gasteiger partial charge in [0.15, 0.2) is 0 Å². The van der Waals surface area contributed by atoms with E-state index in [4.69, 9.17) is 21.1 Å². The fourth-order valence-electron chi connectivity index (χ4n) is 1.52. The van der Waals surface area contributed by atoms with Gasteiger partial charge in [0.25, 0.3) is 0 Å². The van der Waals surface area contributed by atoms with E-state index in [1.807, 2.05) is 0 Å². The standard InChI is InChI=1S/C12H10ClFN2O3/c13-9-6-7(14)4-5-8(9)12-16-15-10(19-12)2-1-3-11(17)18/h4-6H,1-3H2,(H,17,18). The maximum absolute atomic E-state index is 12.9. The summed E-state index contributed by atoms with van der Waals surface area (Å²) in [6.45, 7) is 0. The number of rotatable bonds is 5. The molecule has 0 aliphatic carbocycles. The first kappa shape index (κ1) is 13.5. The number of carboxylic acids is 1. The Hall–Kier alpha value is -1.95. The van der Waals surface area contributed by atoms with E-state index in [0.717, 1.165) is 6.07 Å². The number of carboxylic acid groups (broad SMARTS) is 1. The smallest absolute Gasteiger partial charge is 0.303 e. The van der Waals surface area contributed by atoms with Gasteiger partial charge < -0.3 is 9.52 Å². The number of nitrogens with zero attached hydrogens (tertiary/aromatic N) is 2. The molecule has 2 aromatic rings. The molecule has 0 radical (unpaired) electrons. The number of benzene rings is 1. The van der Waals surface area contributed by atoms with Gasteiger partial charge in [0, 0.05) is 12.8 Å². The van der Waals surface area contributed by atoms with Crippen molar-refractivity contribution < 1.29 is 18.7 Å². The average molecular weight is 285 g/mol. The molecular weight excluding hydrogens is 275 g/mol. The second-order valence-electron chi connectivity index (χ2n) is 3.87. The number of hydrogen-bond donors (Lipinski definition) is 1. The average Bonchev–Trinajstić information content (AvgIpc) is 2.77. The van der Waals surface area contributed by atoms with Crippen LogP contribution in [0.5, 0.6) is 0 Å². The monoisotopic (exact) mass is 284 g/mol. The summed E-state index contributed by atoms with van der Waals surface area (Å²) in [6, 6.07) is 3.85. The molecule has 0 amide bonds. The van der Waals surface area contributed by atoms with Crippen LogP contribution in [0, 0.1) is 5.82 Å². The van der Waals surface area contributed by atoms with Gasteiger partial charge in [-0.3, -0.25) is 4.79 Å². The van der Waals surface area contributed by atoms with Crippen LogP contribution in [0.4, 0.5) is 4.39 Å². The fourth-order valence-corrected chi connectivity index (χ4v) is 1.77. The van der Waals surface area contributed by atoms with E-state index in [1.54, 1.807) is 0 Å². The first-order valence-electron chi connectivity index (χ1n) is 5.56. The molecule has 7 heteroatoms. The van der Waals surface area contributed by atoms with Gasteiger partial charge in [-0.05, 0) is 24.6 Å². The number of aryl methyl sites for hydroxylation is 1. The van der Waals surface area contributed by atoms with E-state index in [-0.39, 0.29) is 17.3 Å². The Bertz CT molecular complexity index is 600. The molecule has 0 aliphatic rings. The van der Waals surface area contributed by atoms with Gasteiger partial charge in [-0.25, -0.2) is 4.39 Å². The Morgan fingerprint density at radius 2 is 2.21 bits per heavy atom. The van der Waals surface area contributed by atoms with Crippen molar-refractivity contribution in [1.82, 2.24) is 10.2 Å². The molecule has 5 nitrogen and oxygen atoms in total. The molecule has 0 fully saturated rings. The van der Waals surface area contributed by atoms with Crippen LogP contribution >= 0.6 is 11.6 Å². The molecule has 0 unspecified atom stereocenters. The summed E-state index contributed by atoms with van der Waals surface area (Å²) < 4.78 is 18.3. The predicted octanol–water partition coefficient (Wildman–Crippen LogP) is 2.94. The van der Waals surface area contributed by atoms with Crippen molar-refractivity contribution in [3.05, 3.63) is 34.9 Å². The minimum Gasteiger partial charge on any atom is -0.481 e. The third kappa shape index (κ3) is 3.51. The zero-order valence-electron chi connectivity index (χ0n) is 9.77. The number of halogens is 2. The van der Waals surface area contributed by atoms with Crippen LogP contribution in [0.2, 0.25) is 5.02 Å². The van der Waals surface area contributed by atoms with Crippen LogP contribution in [0.15, 0.2) is 22.6 Å². The summed E-state index contributed by atoms with van der Waals surface area (Å²) in [6.07, 6.45) is 0.821. The highest BCUT2D eigenvalue weighted by Gasteiger charge is 2.12. The van der Waals surface area contributed by atoms with Gasteiger partial charge in [0.2, 0.25) is 11.8 Å². The second-order valence-corrected chi connectivity index (χ2v) is 4.28. The topological polar surface area (TPSA) is 76.2 Å². The highest BCUT2D eigenvalue weighted by molar-refractivity contribution is 6.33. The van der Waals surface area contributed by atoms with Crippen LogP contribution in [0.25, 0.3) is 11.5 Å². The number of carbonyl (C=O) groups is 1. The van der Waals surface area contributed by atoms with Crippen molar-refractivity contribution >= 4 is 17.6 Å². The van der Waals surface area contributed by atoms with Crippen LogP contribution in [-0.4, -0.2) is 21.3 Å². The fraction of sp³-hybridized carbons (Fsp3) is 0.250. The van der Waals surface area contributed by atoms with E-state index >= 15 is 0 Å². The molecular formula is C12H10ClFN2O3. The molecule has 1 aromatic heterocycles. The lowest BCUT2D eigenvalue weighted by atomic mass is 10.2.